The van der Waals surface area contributed by atoms with Crippen molar-refractivity contribution >= 4 is 33.7 Å². The minimum absolute atomic E-state index is 0.0612. The second-order valence-electron chi connectivity index (χ2n) is 5.07. The van der Waals surface area contributed by atoms with Crippen LogP contribution in [-0.2, 0) is 19.1 Å². The number of ether oxygens (including phenoxy) is 1. The zero-order chi connectivity index (χ0) is 13.4. The number of imide groups is 1. The van der Waals surface area contributed by atoms with Gasteiger partial charge in [-0.3, -0.25) is 19.3 Å². The fraction of sp³-hybridized carbons (Fsp3) is 0.750. The highest BCUT2D eigenvalue weighted by atomic mass is 79.9. The summed E-state index contributed by atoms with van der Waals surface area (Å²) in [5, 5.41) is 0. The molecule has 2 aliphatic rings. The molecule has 0 aromatic heterocycles. The molecule has 0 aromatic rings. The molecule has 1 aliphatic heterocycles. The molecule has 6 heteroatoms. The fourth-order valence-electron chi connectivity index (χ4n) is 2.89. The Morgan fingerprint density at radius 3 is 2.33 bits per heavy atom. The van der Waals surface area contributed by atoms with Crippen LogP contribution in [0.15, 0.2) is 0 Å². The molecule has 1 saturated carbocycles. The summed E-state index contributed by atoms with van der Waals surface area (Å²) < 4.78 is 4.57. The van der Waals surface area contributed by atoms with Crippen LogP contribution in [-0.4, -0.2) is 41.2 Å². The average molecular weight is 318 g/mol. The van der Waals surface area contributed by atoms with Gasteiger partial charge < -0.3 is 4.74 Å². The van der Waals surface area contributed by atoms with Gasteiger partial charge in [-0.2, -0.15) is 0 Å². The summed E-state index contributed by atoms with van der Waals surface area (Å²) in [6.07, 6.45) is 1.55. The van der Waals surface area contributed by atoms with E-state index in [9.17, 15) is 14.4 Å². The first-order valence-electron chi connectivity index (χ1n) is 6.02. The van der Waals surface area contributed by atoms with Gasteiger partial charge in [-0.05, 0) is 18.8 Å². The van der Waals surface area contributed by atoms with Gasteiger partial charge in [-0.1, -0.05) is 22.9 Å². The maximum Gasteiger partial charge on any atom is 0.321 e. The van der Waals surface area contributed by atoms with Gasteiger partial charge in [0, 0.05) is 0 Å². The molecule has 2 rings (SSSR count). The molecule has 0 N–H and O–H groups in total. The van der Waals surface area contributed by atoms with E-state index in [0.717, 1.165) is 12.8 Å². The quantitative estimate of drug-likeness (QED) is 0.442. The summed E-state index contributed by atoms with van der Waals surface area (Å²) >= 11 is 3.14. The van der Waals surface area contributed by atoms with E-state index in [1.807, 2.05) is 0 Å². The molecule has 0 spiro atoms. The highest BCUT2D eigenvalue weighted by Crippen LogP contribution is 2.42. The van der Waals surface area contributed by atoms with E-state index in [2.05, 4.69) is 27.6 Å². The summed E-state index contributed by atoms with van der Waals surface area (Å²) in [5.41, 5.74) is 0. The van der Waals surface area contributed by atoms with E-state index >= 15 is 0 Å². The molecule has 2 amide bonds. The van der Waals surface area contributed by atoms with E-state index in [0.29, 0.717) is 5.92 Å². The Labute approximate surface area is 114 Å². The molecular weight excluding hydrogens is 302 g/mol. The van der Waals surface area contributed by atoms with Crippen molar-refractivity contribution in [2.24, 2.45) is 17.8 Å². The number of rotatable bonds is 3. The minimum atomic E-state index is -0.647. The predicted octanol–water partition coefficient (Wildman–Crippen LogP) is 0.954. The number of nitrogens with zero attached hydrogens (tertiary/aromatic N) is 1. The van der Waals surface area contributed by atoms with E-state index in [1.54, 1.807) is 0 Å². The fourth-order valence-corrected chi connectivity index (χ4v) is 3.37. The number of amides is 2. The van der Waals surface area contributed by atoms with Gasteiger partial charge in [-0.15, -0.1) is 0 Å². The third-order valence-electron chi connectivity index (χ3n) is 3.76. The number of carbonyl (C=O) groups is 3. The first-order chi connectivity index (χ1) is 8.45. The zero-order valence-corrected chi connectivity index (χ0v) is 12.0. The van der Waals surface area contributed by atoms with Crippen LogP contribution in [0.25, 0.3) is 0 Å². The lowest BCUT2D eigenvalue weighted by Gasteiger charge is -2.18. The van der Waals surface area contributed by atoms with Crippen LogP contribution in [0.1, 0.15) is 19.8 Å². The molecule has 0 aromatic carbocycles. The van der Waals surface area contributed by atoms with Crippen LogP contribution < -0.4 is 0 Å². The van der Waals surface area contributed by atoms with Gasteiger partial charge in [0.05, 0.1) is 25.5 Å². The van der Waals surface area contributed by atoms with E-state index < -0.39 is 10.8 Å². The highest BCUT2D eigenvalue weighted by molar-refractivity contribution is 9.10. The number of alkyl halides is 1. The molecule has 5 nitrogen and oxygen atoms in total. The number of methoxy groups -OCH3 is 1. The Morgan fingerprint density at radius 2 is 1.89 bits per heavy atom. The number of hydrogen-bond acceptors (Lipinski definition) is 4. The molecule has 3 atom stereocenters. The summed E-state index contributed by atoms with van der Waals surface area (Å²) in [7, 11) is 1.28. The Morgan fingerprint density at radius 1 is 1.39 bits per heavy atom. The summed E-state index contributed by atoms with van der Waals surface area (Å²) in [6.45, 7) is 2.12. The van der Waals surface area contributed by atoms with Crippen LogP contribution in [0.5, 0.6) is 0 Å². The van der Waals surface area contributed by atoms with E-state index in [-0.39, 0.29) is 30.2 Å². The van der Waals surface area contributed by atoms with Gasteiger partial charge in [-0.25, -0.2) is 0 Å². The molecule has 18 heavy (non-hydrogen) atoms. The standard InChI is InChI=1S/C12H16BrNO4/c1-6-3-7-8(4-6)11(16)14(10(7)15)5-9(13)12(17)18-2/h6-9H,3-5H2,1-2H3. The maximum absolute atomic E-state index is 12.1. The molecule has 0 bridgehead atoms. The molecule has 1 heterocycles. The van der Waals surface area contributed by atoms with Gasteiger partial charge in [0.2, 0.25) is 11.8 Å². The van der Waals surface area contributed by atoms with Crippen molar-refractivity contribution in [2.45, 2.75) is 24.6 Å². The van der Waals surface area contributed by atoms with Crippen molar-refractivity contribution < 1.29 is 19.1 Å². The summed E-state index contributed by atoms with van der Waals surface area (Å²) in [6, 6.07) is 0. The van der Waals surface area contributed by atoms with E-state index in [4.69, 9.17) is 0 Å². The largest absolute Gasteiger partial charge is 0.468 e. The Kier molecular flexibility index (Phi) is 3.75. The molecule has 1 aliphatic carbocycles. The third kappa shape index (κ3) is 2.18. The Bertz CT molecular complexity index is 374. The SMILES string of the molecule is COC(=O)C(Br)CN1C(=O)C2CC(C)CC2C1=O. The number of carbonyl (C=O) groups excluding carboxylic acids is 3. The van der Waals surface area contributed by atoms with Crippen molar-refractivity contribution in [3.05, 3.63) is 0 Å². The van der Waals surface area contributed by atoms with E-state index in [1.165, 1.54) is 12.0 Å². The van der Waals surface area contributed by atoms with Crippen LogP contribution >= 0.6 is 15.9 Å². The first kappa shape index (κ1) is 13.5. The van der Waals surface area contributed by atoms with Crippen molar-refractivity contribution in [1.29, 1.82) is 0 Å². The maximum atomic E-state index is 12.1. The van der Waals surface area contributed by atoms with Gasteiger partial charge >= 0.3 is 5.97 Å². The number of hydrogen-bond donors (Lipinski definition) is 0. The van der Waals surface area contributed by atoms with Gasteiger partial charge in [0.25, 0.3) is 0 Å². The molecule has 100 valence electrons. The molecule has 0 radical (unpaired) electrons. The molecule has 3 unspecified atom stereocenters. The number of likely N-dealkylation sites (tertiary alicyclic amines) is 1. The number of fused-ring (bicyclic) bond motifs is 1. The summed E-state index contributed by atoms with van der Waals surface area (Å²) in [5.74, 6) is -0.670. The van der Waals surface area contributed by atoms with Gasteiger partial charge in [0.1, 0.15) is 4.83 Å². The lowest BCUT2D eigenvalue weighted by Crippen LogP contribution is -2.39. The second kappa shape index (κ2) is 4.99. The predicted molar refractivity (Wildman–Crippen MR) is 66.8 cm³/mol. The monoisotopic (exact) mass is 317 g/mol. The lowest BCUT2D eigenvalue weighted by molar-refractivity contribution is -0.143. The van der Waals surface area contributed by atoms with Crippen LogP contribution in [0.2, 0.25) is 0 Å². The van der Waals surface area contributed by atoms with Crippen LogP contribution in [0, 0.1) is 17.8 Å². The molecule has 1 saturated heterocycles. The minimum Gasteiger partial charge on any atom is -0.468 e. The number of esters is 1. The van der Waals surface area contributed by atoms with Crippen LogP contribution in [0.4, 0.5) is 0 Å². The lowest BCUT2D eigenvalue weighted by atomic mass is 10.00. The van der Waals surface area contributed by atoms with Gasteiger partial charge in [0.15, 0.2) is 0 Å². The summed E-state index contributed by atoms with van der Waals surface area (Å²) in [4.78, 5) is 36.1. The van der Waals surface area contributed by atoms with Crippen molar-refractivity contribution in [1.82, 2.24) is 4.90 Å². The smallest absolute Gasteiger partial charge is 0.321 e. The van der Waals surface area contributed by atoms with Crippen molar-refractivity contribution in [3.8, 4) is 0 Å². The average Bonchev–Trinajstić information content (AvgIpc) is 2.82. The Balaban J connectivity index is 2.06. The van der Waals surface area contributed by atoms with Crippen LogP contribution in [0.3, 0.4) is 0 Å². The second-order valence-corrected chi connectivity index (χ2v) is 6.17. The molecular formula is C12H16BrNO4. The topological polar surface area (TPSA) is 63.7 Å². The molecule has 2 fully saturated rings. The zero-order valence-electron chi connectivity index (χ0n) is 10.4. The van der Waals surface area contributed by atoms with Crippen molar-refractivity contribution in [2.75, 3.05) is 13.7 Å². The van der Waals surface area contributed by atoms with Crippen molar-refractivity contribution in [3.63, 3.8) is 0 Å². The first-order valence-corrected chi connectivity index (χ1v) is 6.94. The normalized spacial score (nSPS) is 32.6. The third-order valence-corrected chi connectivity index (χ3v) is 4.43. The Hall–Kier alpha value is -0.910. The highest BCUT2D eigenvalue weighted by Gasteiger charge is 2.52. The number of halogens is 1.